The smallest absolute Gasteiger partial charge is 0.260 e. The van der Waals surface area contributed by atoms with E-state index in [0.29, 0.717) is 6.54 Å². The van der Waals surface area contributed by atoms with Crippen molar-refractivity contribution in [2.45, 2.75) is 38.8 Å². The normalized spacial score (nSPS) is 15.5. The first-order valence-electron chi connectivity index (χ1n) is 8.98. The summed E-state index contributed by atoms with van der Waals surface area (Å²) >= 11 is 0. The number of H-pyrrole nitrogens is 1. The lowest BCUT2D eigenvalue weighted by atomic mass is 10.1. The van der Waals surface area contributed by atoms with Crippen molar-refractivity contribution in [2.24, 2.45) is 0 Å². The zero-order valence-corrected chi connectivity index (χ0v) is 14.5. The number of rotatable bonds is 5. The molecule has 0 atom stereocenters. The van der Waals surface area contributed by atoms with Gasteiger partial charge in [0.1, 0.15) is 5.56 Å². The van der Waals surface area contributed by atoms with E-state index >= 15 is 0 Å². The first kappa shape index (κ1) is 17.4. The SMILES string of the molecule is O=C(NCc1ccc(CN2CCCCCC2)cc1)c1ccc[nH]c1=O. The molecule has 0 saturated carbocycles. The predicted molar refractivity (Wildman–Crippen MR) is 98.4 cm³/mol. The first-order chi connectivity index (χ1) is 12.2. The summed E-state index contributed by atoms with van der Waals surface area (Å²) in [6, 6.07) is 11.5. The van der Waals surface area contributed by atoms with Crippen LogP contribution in [0, 0.1) is 0 Å². The van der Waals surface area contributed by atoms with Gasteiger partial charge in [0.2, 0.25) is 0 Å². The summed E-state index contributed by atoms with van der Waals surface area (Å²) in [5, 5.41) is 2.80. The molecule has 0 aliphatic carbocycles. The number of hydrogen-bond donors (Lipinski definition) is 2. The summed E-state index contributed by atoms with van der Waals surface area (Å²) in [5.41, 5.74) is 2.10. The van der Waals surface area contributed by atoms with E-state index in [2.05, 4.69) is 27.3 Å². The number of benzene rings is 1. The maximum Gasteiger partial charge on any atom is 0.260 e. The molecule has 25 heavy (non-hydrogen) atoms. The molecule has 0 radical (unpaired) electrons. The maximum atomic E-state index is 12.1. The molecule has 1 amide bonds. The third-order valence-electron chi connectivity index (χ3n) is 4.64. The van der Waals surface area contributed by atoms with Crippen LogP contribution in [0.2, 0.25) is 0 Å². The lowest BCUT2D eigenvalue weighted by Gasteiger charge is -2.19. The van der Waals surface area contributed by atoms with E-state index in [0.717, 1.165) is 12.1 Å². The standard InChI is InChI=1S/C20H25N3O2/c24-19-18(6-5-11-21-19)20(25)22-14-16-7-9-17(10-8-16)15-23-12-3-1-2-4-13-23/h5-11H,1-4,12-15H2,(H,21,24)(H,22,25). The second-order valence-electron chi connectivity index (χ2n) is 6.60. The number of carbonyl (C=O) groups excluding carboxylic acids is 1. The summed E-state index contributed by atoms with van der Waals surface area (Å²) in [7, 11) is 0. The number of amides is 1. The second-order valence-corrected chi connectivity index (χ2v) is 6.60. The van der Waals surface area contributed by atoms with E-state index in [-0.39, 0.29) is 17.0 Å². The fraction of sp³-hybridized carbons (Fsp3) is 0.400. The van der Waals surface area contributed by atoms with Crippen molar-refractivity contribution in [2.75, 3.05) is 13.1 Å². The lowest BCUT2D eigenvalue weighted by molar-refractivity contribution is 0.0949. The predicted octanol–water partition coefficient (Wildman–Crippen LogP) is 2.68. The van der Waals surface area contributed by atoms with E-state index in [9.17, 15) is 9.59 Å². The van der Waals surface area contributed by atoms with E-state index < -0.39 is 0 Å². The topological polar surface area (TPSA) is 65.2 Å². The zero-order valence-electron chi connectivity index (χ0n) is 14.5. The van der Waals surface area contributed by atoms with Gasteiger partial charge < -0.3 is 10.3 Å². The molecule has 1 aromatic carbocycles. The summed E-state index contributed by atoms with van der Waals surface area (Å²) in [4.78, 5) is 28.7. The molecule has 0 spiro atoms. The Kier molecular flexibility index (Phi) is 6.01. The summed E-state index contributed by atoms with van der Waals surface area (Å²) < 4.78 is 0. The highest BCUT2D eigenvalue weighted by Crippen LogP contribution is 2.14. The molecule has 1 fully saturated rings. The van der Waals surface area contributed by atoms with Crippen LogP contribution in [0.15, 0.2) is 47.4 Å². The van der Waals surface area contributed by atoms with Gasteiger partial charge in [-0.3, -0.25) is 14.5 Å². The van der Waals surface area contributed by atoms with Gasteiger partial charge in [-0.15, -0.1) is 0 Å². The summed E-state index contributed by atoms with van der Waals surface area (Å²) in [6.07, 6.45) is 6.80. The highest BCUT2D eigenvalue weighted by atomic mass is 16.2. The van der Waals surface area contributed by atoms with Gasteiger partial charge in [-0.05, 0) is 49.2 Å². The minimum Gasteiger partial charge on any atom is -0.348 e. The van der Waals surface area contributed by atoms with Crippen LogP contribution in [-0.2, 0) is 13.1 Å². The molecule has 2 N–H and O–H groups in total. The quantitative estimate of drug-likeness (QED) is 0.880. The molecule has 3 rings (SSSR count). The molecule has 1 aliphatic rings. The Morgan fingerprint density at radius 2 is 1.68 bits per heavy atom. The first-order valence-corrected chi connectivity index (χ1v) is 8.98. The Morgan fingerprint density at radius 3 is 2.36 bits per heavy atom. The molecule has 0 bridgehead atoms. The highest BCUT2D eigenvalue weighted by molar-refractivity contribution is 5.93. The van der Waals surface area contributed by atoms with Crippen molar-refractivity contribution in [1.82, 2.24) is 15.2 Å². The Bertz CT molecular complexity index is 744. The molecule has 1 aromatic heterocycles. The van der Waals surface area contributed by atoms with Gasteiger partial charge in [-0.25, -0.2) is 0 Å². The van der Waals surface area contributed by atoms with E-state index in [1.54, 1.807) is 6.07 Å². The minimum atomic E-state index is -0.368. The van der Waals surface area contributed by atoms with Crippen LogP contribution in [0.1, 0.15) is 47.2 Å². The molecular formula is C20H25N3O2. The van der Waals surface area contributed by atoms with Gasteiger partial charge in [0.15, 0.2) is 0 Å². The Hall–Kier alpha value is -2.40. The van der Waals surface area contributed by atoms with E-state index in [1.165, 1.54) is 56.6 Å². The molecule has 2 heterocycles. The molecule has 1 aliphatic heterocycles. The molecule has 2 aromatic rings. The third-order valence-corrected chi connectivity index (χ3v) is 4.64. The minimum absolute atomic E-state index is 0.139. The molecule has 0 unspecified atom stereocenters. The number of carbonyl (C=O) groups is 1. The monoisotopic (exact) mass is 339 g/mol. The number of aromatic amines is 1. The van der Waals surface area contributed by atoms with Gasteiger partial charge in [0.05, 0.1) is 0 Å². The second kappa shape index (κ2) is 8.62. The molecule has 132 valence electrons. The van der Waals surface area contributed by atoms with Crippen LogP contribution >= 0.6 is 0 Å². The van der Waals surface area contributed by atoms with Crippen LogP contribution in [0.25, 0.3) is 0 Å². The van der Waals surface area contributed by atoms with Crippen LogP contribution in [0.4, 0.5) is 0 Å². The molecule has 5 heteroatoms. The van der Waals surface area contributed by atoms with Crippen LogP contribution < -0.4 is 10.9 Å². The number of nitrogens with zero attached hydrogens (tertiary/aromatic N) is 1. The maximum absolute atomic E-state index is 12.1. The third kappa shape index (κ3) is 5.03. The van der Waals surface area contributed by atoms with Crippen molar-refractivity contribution in [3.63, 3.8) is 0 Å². The Morgan fingerprint density at radius 1 is 1.00 bits per heavy atom. The number of hydrogen-bond acceptors (Lipinski definition) is 3. The number of aromatic nitrogens is 1. The summed E-state index contributed by atoms with van der Waals surface area (Å²) in [5.74, 6) is -0.351. The van der Waals surface area contributed by atoms with Gasteiger partial charge in [0, 0.05) is 19.3 Å². The highest BCUT2D eigenvalue weighted by Gasteiger charge is 2.10. The van der Waals surface area contributed by atoms with Crippen molar-refractivity contribution in [1.29, 1.82) is 0 Å². The fourth-order valence-electron chi connectivity index (χ4n) is 3.19. The molecule has 1 saturated heterocycles. The van der Waals surface area contributed by atoms with E-state index in [1.807, 2.05) is 12.1 Å². The summed E-state index contributed by atoms with van der Waals surface area (Å²) in [6.45, 7) is 3.77. The number of likely N-dealkylation sites (tertiary alicyclic amines) is 1. The zero-order chi connectivity index (χ0) is 17.5. The number of pyridine rings is 1. The van der Waals surface area contributed by atoms with Crippen molar-refractivity contribution >= 4 is 5.91 Å². The average molecular weight is 339 g/mol. The Balaban J connectivity index is 1.53. The number of nitrogens with one attached hydrogen (secondary N) is 2. The Labute approximate surface area is 148 Å². The van der Waals surface area contributed by atoms with Crippen molar-refractivity contribution in [3.8, 4) is 0 Å². The van der Waals surface area contributed by atoms with Gasteiger partial charge >= 0.3 is 0 Å². The lowest BCUT2D eigenvalue weighted by Crippen LogP contribution is -2.28. The largest absolute Gasteiger partial charge is 0.348 e. The van der Waals surface area contributed by atoms with Gasteiger partial charge in [0.25, 0.3) is 11.5 Å². The van der Waals surface area contributed by atoms with Gasteiger partial charge in [-0.2, -0.15) is 0 Å². The van der Waals surface area contributed by atoms with Crippen LogP contribution in [-0.4, -0.2) is 28.9 Å². The molecular weight excluding hydrogens is 314 g/mol. The average Bonchev–Trinajstić information content (AvgIpc) is 2.90. The van der Waals surface area contributed by atoms with Crippen LogP contribution in [0.3, 0.4) is 0 Å². The molecule has 5 nitrogen and oxygen atoms in total. The van der Waals surface area contributed by atoms with Gasteiger partial charge in [-0.1, -0.05) is 37.1 Å². The van der Waals surface area contributed by atoms with Crippen molar-refractivity contribution < 1.29 is 4.79 Å². The van der Waals surface area contributed by atoms with E-state index in [4.69, 9.17) is 0 Å². The van der Waals surface area contributed by atoms with Crippen molar-refractivity contribution in [3.05, 3.63) is 69.6 Å². The van der Waals surface area contributed by atoms with Crippen LogP contribution in [0.5, 0.6) is 0 Å². The fourth-order valence-corrected chi connectivity index (χ4v) is 3.19.